The molecule has 0 radical (unpaired) electrons. The van der Waals surface area contributed by atoms with Gasteiger partial charge in [-0.1, -0.05) is 24.3 Å². The van der Waals surface area contributed by atoms with Crippen molar-refractivity contribution in [3.63, 3.8) is 0 Å². The molecule has 0 spiro atoms. The largest absolute Gasteiger partial charge is 0.508 e. The Bertz CT molecular complexity index is 1210. The third-order valence-electron chi connectivity index (χ3n) is 4.54. The van der Waals surface area contributed by atoms with Gasteiger partial charge in [-0.25, -0.2) is 5.43 Å². The Morgan fingerprint density at radius 3 is 2.59 bits per heavy atom. The molecule has 27 heavy (non-hydrogen) atoms. The molecular formula is C21H17N3O3. The molecule has 1 amide bonds. The molecule has 0 fully saturated rings. The van der Waals surface area contributed by atoms with Crippen LogP contribution in [0.5, 0.6) is 11.5 Å². The molecule has 0 aliphatic carbocycles. The van der Waals surface area contributed by atoms with Crippen LogP contribution in [0.4, 0.5) is 0 Å². The minimum Gasteiger partial charge on any atom is -0.508 e. The number of aromatic nitrogens is 1. The highest BCUT2D eigenvalue weighted by molar-refractivity contribution is 6.09. The molecule has 0 aliphatic heterocycles. The second-order valence-electron chi connectivity index (χ2n) is 6.25. The summed E-state index contributed by atoms with van der Waals surface area (Å²) in [6, 6.07) is 17.9. The number of amides is 1. The predicted octanol–water partition coefficient (Wildman–Crippen LogP) is 3.51. The maximum Gasteiger partial charge on any atom is 0.275 e. The molecule has 0 unspecified atom stereocenters. The first-order valence-corrected chi connectivity index (χ1v) is 8.37. The summed E-state index contributed by atoms with van der Waals surface area (Å²) in [5, 5.41) is 25.2. The van der Waals surface area contributed by atoms with Gasteiger partial charge in [0.2, 0.25) is 0 Å². The average molecular weight is 359 g/mol. The van der Waals surface area contributed by atoms with Gasteiger partial charge >= 0.3 is 0 Å². The van der Waals surface area contributed by atoms with Gasteiger partial charge in [0.25, 0.3) is 5.91 Å². The minimum absolute atomic E-state index is 0.0365. The number of phenols is 2. The first-order chi connectivity index (χ1) is 13.0. The number of nitrogens with zero attached hydrogens (tertiary/aromatic N) is 2. The second-order valence-corrected chi connectivity index (χ2v) is 6.25. The number of para-hydroxylation sites is 1. The van der Waals surface area contributed by atoms with E-state index in [1.165, 1.54) is 12.1 Å². The summed E-state index contributed by atoms with van der Waals surface area (Å²) in [5.74, 6) is -0.981. The van der Waals surface area contributed by atoms with Crippen LogP contribution in [-0.4, -0.2) is 26.9 Å². The van der Waals surface area contributed by atoms with Gasteiger partial charge in [-0.3, -0.25) is 4.79 Å². The van der Waals surface area contributed by atoms with E-state index < -0.39 is 5.91 Å². The van der Waals surface area contributed by atoms with Gasteiger partial charge in [-0.15, -0.1) is 0 Å². The molecule has 0 aliphatic rings. The van der Waals surface area contributed by atoms with E-state index in [0.29, 0.717) is 0 Å². The first-order valence-electron chi connectivity index (χ1n) is 8.37. The molecule has 4 aromatic rings. The third-order valence-corrected chi connectivity index (χ3v) is 4.54. The zero-order valence-corrected chi connectivity index (χ0v) is 14.5. The molecular weight excluding hydrogens is 342 g/mol. The first kappa shape index (κ1) is 16.7. The van der Waals surface area contributed by atoms with Crippen LogP contribution in [0.1, 0.15) is 15.9 Å². The van der Waals surface area contributed by atoms with Crippen LogP contribution in [0.25, 0.3) is 21.8 Å². The van der Waals surface area contributed by atoms with E-state index in [1.807, 2.05) is 37.4 Å². The fourth-order valence-electron chi connectivity index (χ4n) is 3.20. The van der Waals surface area contributed by atoms with Crippen molar-refractivity contribution < 1.29 is 15.0 Å². The lowest BCUT2D eigenvalue weighted by molar-refractivity contribution is 0.0952. The number of carbonyl (C=O) groups excluding carboxylic acids is 1. The number of aryl methyl sites for hydroxylation is 1. The summed E-state index contributed by atoms with van der Waals surface area (Å²) in [4.78, 5) is 12.1. The summed E-state index contributed by atoms with van der Waals surface area (Å²) in [5.41, 5.74) is 5.53. The van der Waals surface area contributed by atoms with Gasteiger partial charge in [0.15, 0.2) is 0 Å². The zero-order chi connectivity index (χ0) is 19.0. The van der Waals surface area contributed by atoms with E-state index in [9.17, 15) is 15.0 Å². The van der Waals surface area contributed by atoms with Crippen molar-refractivity contribution >= 4 is 33.9 Å². The minimum atomic E-state index is -0.560. The van der Waals surface area contributed by atoms with Crippen LogP contribution in [0, 0.1) is 0 Å². The molecule has 3 aromatic carbocycles. The SMILES string of the molecule is Cn1c2ccccc2c2cc(C=NNC(=O)c3ccc(O)cc3O)ccc21. The Balaban J connectivity index is 1.60. The van der Waals surface area contributed by atoms with Gasteiger partial charge < -0.3 is 14.8 Å². The second kappa shape index (κ2) is 6.49. The van der Waals surface area contributed by atoms with Crippen LogP contribution in [-0.2, 0) is 7.05 Å². The van der Waals surface area contributed by atoms with Gasteiger partial charge in [0.05, 0.1) is 11.8 Å². The van der Waals surface area contributed by atoms with Gasteiger partial charge in [0.1, 0.15) is 11.5 Å². The molecule has 0 bridgehead atoms. The maximum absolute atomic E-state index is 12.1. The van der Waals surface area contributed by atoms with Crippen molar-refractivity contribution in [1.29, 1.82) is 0 Å². The smallest absolute Gasteiger partial charge is 0.275 e. The van der Waals surface area contributed by atoms with Crippen LogP contribution in [0.2, 0.25) is 0 Å². The lowest BCUT2D eigenvalue weighted by Crippen LogP contribution is -2.17. The van der Waals surface area contributed by atoms with Crippen LogP contribution < -0.4 is 5.43 Å². The van der Waals surface area contributed by atoms with E-state index in [4.69, 9.17) is 0 Å². The van der Waals surface area contributed by atoms with E-state index in [1.54, 1.807) is 6.21 Å². The van der Waals surface area contributed by atoms with Crippen molar-refractivity contribution in [2.45, 2.75) is 0 Å². The number of fused-ring (bicyclic) bond motifs is 3. The van der Waals surface area contributed by atoms with Crippen molar-refractivity contribution in [3.8, 4) is 11.5 Å². The number of nitrogens with one attached hydrogen (secondary N) is 1. The maximum atomic E-state index is 12.1. The quantitative estimate of drug-likeness (QED) is 0.386. The number of rotatable bonds is 3. The Morgan fingerprint density at radius 1 is 1.00 bits per heavy atom. The van der Waals surface area contributed by atoms with E-state index >= 15 is 0 Å². The number of benzene rings is 3. The van der Waals surface area contributed by atoms with Gasteiger partial charge in [-0.05, 0) is 35.9 Å². The molecule has 0 atom stereocenters. The van der Waals surface area contributed by atoms with Gasteiger partial charge in [0, 0.05) is 34.9 Å². The summed E-state index contributed by atoms with van der Waals surface area (Å²) in [7, 11) is 2.03. The molecule has 6 heteroatoms. The number of carbonyl (C=O) groups is 1. The highest BCUT2D eigenvalue weighted by Crippen LogP contribution is 2.28. The van der Waals surface area contributed by atoms with Crippen molar-refractivity contribution in [2.24, 2.45) is 12.1 Å². The molecule has 3 N–H and O–H groups in total. The van der Waals surface area contributed by atoms with E-state index in [0.717, 1.165) is 33.4 Å². The van der Waals surface area contributed by atoms with Crippen molar-refractivity contribution in [1.82, 2.24) is 9.99 Å². The lowest BCUT2D eigenvalue weighted by Gasteiger charge is -2.03. The number of hydrazone groups is 1. The number of hydrogen-bond acceptors (Lipinski definition) is 4. The molecule has 134 valence electrons. The standard InChI is InChI=1S/C21H17N3O3/c1-24-18-5-3-2-4-15(18)17-10-13(6-9-19(17)24)12-22-23-21(27)16-8-7-14(25)11-20(16)26/h2-12,25-26H,1H3,(H,23,27). The molecule has 1 heterocycles. The fourth-order valence-corrected chi connectivity index (χ4v) is 3.20. The van der Waals surface area contributed by atoms with Gasteiger partial charge in [-0.2, -0.15) is 5.10 Å². The molecule has 6 nitrogen and oxygen atoms in total. The molecule has 0 saturated heterocycles. The fraction of sp³-hybridized carbons (Fsp3) is 0.0476. The van der Waals surface area contributed by atoms with Crippen molar-refractivity contribution in [3.05, 3.63) is 71.8 Å². The average Bonchev–Trinajstić information content (AvgIpc) is 2.94. The Labute approximate surface area is 155 Å². The number of hydrogen-bond donors (Lipinski definition) is 3. The Morgan fingerprint density at radius 2 is 1.78 bits per heavy atom. The van der Waals surface area contributed by atoms with Crippen LogP contribution >= 0.6 is 0 Å². The topological polar surface area (TPSA) is 86.9 Å². The number of phenolic OH excluding ortho intramolecular Hbond substituents is 2. The zero-order valence-electron chi connectivity index (χ0n) is 14.5. The summed E-state index contributed by atoms with van der Waals surface area (Å²) < 4.78 is 2.14. The highest BCUT2D eigenvalue weighted by Gasteiger charge is 2.11. The van der Waals surface area contributed by atoms with Crippen LogP contribution in [0.15, 0.2) is 65.8 Å². The van der Waals surface area contributed by atoms with E-state index in [-0.39, 0.29) is 17.1 Å². The monoisotopic (exact) mass is 359 g/mol. The number of aromatic hydroxyl groups is 2. The Kier molecular flexibility index (Phi) is 4.01. The predicted molar refractivity (Wildman–Crippen MR) is 105 cm³/mol. The lowest BCUT2D eigenvalue weighted by atomic mass is 10.1. The van der Waals surface area contributed by atoms with Crippen molar-refractivity contribution in [2.75, 3.05) is 0 Å². The Hall–Kier alpha value is -3.80. The third kappa shape index (κ3) is 2.97. The highest BCUT2D eigenvalue weighted by atomic mass is 16.3. The summed E-state index contributed by atoms with van der Waals surface area (Å²) in [6.45, 7) is 0. The molecule has 4 rings (SSSR count). The summed E-state index contributed by atoms with van der Waals surface area (Å²) in [6.07, 6.45) is 1.55. The van der Waals surface area contributed by atoms with E-state index in [2.05, 4.69) is 27.2 Å². The molecule has 1 aromatic heterocycles. The summed E-state index contributed by atoms with van der Waals surface area (Å²) >= 11 is 0. The normalized spacial score (nSPS) is 11.4. The van der Waals surface area contributed by atoms with Crippen LogP contribution in [0.3, 0.4) is 0 Å². The molecule has 0 saturated carbocycles.